The van der Waals surface area contributed by atoms with Crippen molar-refractivity contribution < 1.29 is 9.22 Å². The molecule has 3 nitrogen and oxygen atoms in total. The summed E-state index contributed by atoms with van der Waals surface area (Å²) in [6.07, 6.45) is 9.38. The van der Waals surface area contributed by atoms with Crippen molar-refractivity contribution in [2.45, 2.75) is 90.5 Å². The summed E-state index contributed by atoms with van der Waals surface area (Å²) in [6.45, 7) is 12.8. The lowest BCUT2D eigenvalue weighted by Crippen LogP contribution is -2.43. The van der Waals surface area contributed by atoms with Gasteiger partial charge in [0.1, 0.15) is 5.78 Å². The fraction of sp³-hybridized carbons (Fsp3) is 0.778. The predicted octanol–water partition coefficient (Wildman–Crippen LogP) is 5.39. The molecule has 0 amide bonds. The van der Waals surface area contributed by atoms with Crippen molar-refractivity contribution in [2.75, 3.05) is 0 Å². The van der Waals surface area contributed by atoms with E-state index in [1.165, 1.54) is 6.08 Å². The van der Waals surface area contributed by atoms with Crippen LogP contribution in [0.4, 0.5) is 0 Å². The molecule has 0 aliphatic heterocycles. The topological polar surface area (TPSA) is 50.1 Å². The predicted molar refractivity (Wildman–Crippen MR) is 95.2 cm³/mol. The molecule has 126 valence electrons. The van der Waals surface area contributed by atoms with Gasteiger partial charge in [-0.1, -0.05) is 40.0 Å². The molecule has 0 unspecified atom stereocenters. The Morgan fingerprint density at radius 2 is 1.82 bits per heavy atom. The van der Waals surface area contributed by atoms with E-state index in [0.29, 0.717) is 6.42 Å². The van der Waals surface area contributed by atoms with Gasteiger partial charge < -0.3 is 9.22 Å². The third kappa shape index (κ3) is 9.17. The third-order valence-corrected chi connectivity index (χ3v) is 8.91. The van der Waals surface area contributed by atoms with Gasteiger partial charge in [0.2, 0.25) is 0 Å². The first kappa shape index (κ1) is 21.1. The summed E-state index contributed by atoms with van der Waals surface area (Å²) in [5, 5.41) is 8.93. The van der Waals surface area contributed by atoms with E-state index in [4.69, 9.17) is 9.69 Å². The van der Waals surface area contributed by atoms with Gasteiger partial charge in [-0.2, -0.15) is 5.26 Å². The number of carbonyl (C=O) groups excluding carboxylic acids is 1. The highest BCUT2D eigenvalue weighted by atomic mass is 28.4. The average molecular weight is 324 g/mol. The van der Waals surface area contributed by atoms with Crippen molar-refractivity contribution in [3.63, 3.8) is 0 Å². The highest BCUT2D eigenvalue weighted by Crippen LogP contribution is 2.37. The fourth-order valence-corrected chi connectivity index (χ4v) is 3.28. The molecule has 0 heterocycles. The van der Waals surface area contributed by atoms with Gasteiger partial charge in [-0.05, 0) is 44.0 Å². The fourth-order valence-electron chi connectivity index (χ4n) is 1.97. The van der Waals surface area contributed by atoms with Crippen LogP contribution >= 0.6 is 0 Å². The summed E-state index contributed by atoms with van der Waals surface area (Å²) in [6, 6.07) is 2.06. The molecule has 0 saturated heterocycles. The summed E-state index contributed by atoms with van der Waals surface area (Å²) in [5.74, 6) is 0.274. The minimum atomic E-state index is -1.81. The summed E-state index contributed by atoms with van der Waals surface area (Å²) < 4.78 is 6.40. The van der Waals surface area contributed by atoms with Gasteiger partial charge in [-0.25, -0.2) is 0 Å². The number of ketones is 1. The van der Waals surface area contributed by atoms with Crippen LogP contribution in [0.2, 0.25) is 18.1 Å². The monoisotopic (exact) mass is 323 g/mol. The molecular formula is C18H33NO2Si. The Labute approximate surface area is 137 Å². The number of hydrogen-bond acceptors (Lipinski definition) is 3. The summed E-state index contributed by atoms with van der Waals surface area (Å²) in [7, 11) is -1.81. The normalized spacial score (nSPS) is 14.0. The molecule has 1 atom stereocenters. The van der Waals surface area contributed by atoms with Gasteiger partial charge >= 0.3 is 0 Å². The first-order valence-corrected chi connectivity index (χ1v) is 11.2. The molecule has 0 aliphatic rings. The molecule has 0 radical (unpaired) electrons. The lowest BCUT2D eigenvalue weighted by Gasteiger charge is -2.38. The second kappa shape index (κ2) is 9.97. The summed E-state index contributed by atoms with van der Waals surface area (Å²) >= 11 is 0. The van der Waals surface area contributed by atoms with E-state index >= 15 is 0 Å². The molecule has 22 heavy (non-hydrogen) atoms. The largest absolute Gasteiger partial charge is 0.411 e. The zero-order chi connectivity index (χ0) is 17.2. The maximum absolute atomic E-state index is 10.9. The van der Waals surface area contributed by atoms with E-state index in [1.807, 2.05) is 6.08 Å². The van der Waals surface area contributed by atoms with Crippen LogP contribution < -0.4 is 0 Å². The van der Waals surface area contributed by atoms with Crippen LogP contribution in [-0.4, -0.2) is 20.2 Å². The third-order valence-electron chi connectivity index (χ3n) is 4.41. The van der Waals surface area contributed by atoms with Gasteiger partial charge in [0.15, 0.2) is 8.32 Å². The molecule has 0 bridgehead atoms. The maximum Gasteiger partial charge on any atom is 0.192 e. The van der Waals surface area contributed by atoms with Gasteiger partial charge in [-0.15, -0.1) is 0 Å². The molecule has 0 aliphatic carbocycles. The number of nitriles is 1. The van der Waals surface area contributed by atoms with E-state index in [-0.39, 0.29) is 16.9 Å². The van der Waals surface area contributed by atoms with Gasteiger partial charge in [0.05, 0.1) is 12.2 Å². The maximum atomic E-state index is 10.9. The zero-order valence-electron chi connectivity index (χ0n) is 15.2. The first-order chi connectivity index (χ1) is 10.1. The Morgan fingerprint density at radius 3 is 2.32 bits per heavy atom. The second-order valence-corrected chi connectivity index (χ2v) is 12.3. The Hall–Kier alpha value is -0.923. The van der Waals surface area contributed by atoms with E-state index in [0.717, 1.165) is 32.1 Å². The van der Waals surface area contributed by atoms with Crippen LogP contribution in [0.25, 0.3) is 0 Å². The van der Waals surface area contributed by atoms with Gasteiger partial charge in [0, 0.05) is 12.5 Å². The highest BCUT2D eigenvalue weighted by molar-refractivity contribution is 6.74. The molecule has 0 saturated carbocycles. The Bertz CT molecular complexity index is 402. The van der Waals surface area contributed by atoms with Crippen LogP contribution in [0.3, 0.4) is 0 Å². The Kier molecular flexibility index (Phi) is 9.55. The number of nitrogens with zero attached hydrogens (tertiary/aromatic N) is 1. The lowest BCUT2D eigenvalue weighted by atomic mass is 10.1. The standard InChI is InChI=1S/C18H33NO2Si/c1-16(20)12-9-7-8-10-13-17(14-11-15-19)21-22(5,6)18(2,3)4/h11,14,17H,7-10,12-13H2,1-6H3/b14-11+/t17-/m0/s1. The van der Waals surface area contributed by atoms with Crippen LogP contribution in [0.1, 0.15) is 66.2 Å². The zero-order valence-corrected chi connectivity index (χ0v) is 16.2. The SMILES string of the molecule is CC(=O)CCCCCC[C@@H](/C=C/C#N)O[Si](C)(C)C(C)(C)C. The molecule has 0 rings (SSSR count). The molecular weight excluding hydrogens is 290 g/mol. The molecule has 0 aromatic rings. The van der Waals surface area contributed by atoms with Crippen molar-refractivity contribution in [3.05, 3.63) is 12.2 Å². The van der Waals surface area contributed by atoms with Gasteiger partial charge in [-0.3, -0.25) is 0 Å². The smallest absolute Gasteiger partial charge is 0.192 e. The number of rotatable bonds is 10. The number of hydrogen-bond donors (Lipinski definition) is 0. The first-order valence-electron chi connectivity index (χ1n) is 8.33. The van der Waals surface area contributed by atoms with Crippen LogP contribution in [0.5, 0.6) is 0 Å². The number of unbranched alkanes of at least 4 members (excludes halogenated alkanes) is 3. The van der Waals surface area contributed by atoms with Crippen molar-refractivity contribution in [3.8, 4) is 6.07 Å². The molecule has 4 heteroatoms. The van der Waals surface area contributed by atoms with E-state index in [2.05, 4.69) is 39.9 Å². The number of Topliss-reactive ketones (excluding diaryl/α,β-unsaturated/α-hetero) is 1. The Morgan fingerprint density at radius 1 is 1.23 bits per heavy atom. The average Bonchev–Trinajstić information content (AvgIpc) is 2.37. The summed E-state index contributed by atoms with van der Waals surface area (Å²) in [4.78, 5) is 10.9. The van der Waals surface area contributed by atoms with E-state index < -0.39 is 8.32 Å². The minimum Gasteiger partial charge on any atom is -0.411 e. The van der Waals surface area contributed by atoms with E-state index in [1.54, 1.807) is 6.92 Å². The number of allylic oxidation sites excluding steroid dienone is 1. The van der Waals surface area contributed by atoms with Crippen molar-refractivity contribution in [2.24, 2.45) is 0 Å². The summed E-state index contributed by atoms with van der Waals surface area (Å²) in [5.41, 5.74) is 0. The quantitative estimate of drug-likeness (QED) is 0.308. The highest BCUT2D eigenvalue weighted by Gasteiger charge is 2.38. The van der Waals surface area contributed by atoms with E-state index in [9.17, 15) is 4.79 Å². The van der Waals surface area contributed by atoms with Crippen LogP contribution in [0.15, 0.2) is 12.2 Å². The Balaban J connectivity index is 4.34. The molecule has 0 N–H and O–H groups in total. The number of carbonyl (C=O) groups is 1. The molecule has 0 fully saturated rings. The second-order valence-electron chi connectivity index (χ2n) is 7.56. The minimum absolute atomic E-state index is 0.0355. The lowest BCUT2D eigenvalue weighted by molar-refractivity contribution is -0.117. The molecule has 0 aromatic heterocycles. The van der Waals surface area contributed by atoms with Crippen molar-refractivity contribution >= 4 is 14.1 Å². The van der Waals surface area contributed by atoms with Crippen LogP contribution in [0, 0.1) is 11.3 Å². The van der Waals surface area contributed by atoms with Crippen molar-refractivity contribution in [1.82, 2.24) is 0 Å². The molecule has 0 spiro atoms. The van der Waals surface area contributed by atoms with Crippen LogP contribution in [-0.2, 0) is 9.22 Å². The molecule has 0 aromatic carbocycles. The van der Waals surface area contributed by atoms with Crippen molar-refractivity contribution in [1.29, 1.82) is 5.26 Å². The van der Waals surface area contributed by atoms with Gasteiger partial charge in [0.25, 0.3) is 0 Å².